The molecule has 0 unspecified atom stereocenters. The van der Waals surface area contributed by atoms with E-state index in [0.717, 1.165) is 21.5 Å². The summed E-state index contributed by atoms with van der Waals surface area (Å²) in [5.41, 5.74) is 3.56. The number of carbonyl (C=O) groups excluding carboxylic acids is 2. The highest BCUT2D eigenvalue weighted by Gasteiger charge is 2.19. The van der Waals surface area contributed by atoms with E-state index >= 15 is 0 Å². The predicted octanol–water partition coefficient (Wildman–Crippen LogP) is 4.17. The van der Waals surface area contributed by atoms with Crippen LogP contribution >= 0.6 is 11.3 Å². The number of nitrogens with one attached hydrogen (secondary N) is 2. The van der Waals surface area contributed by atoms with Crippen molar-refractivity contribution in [2.45, 2.75) is 26.4 Å². The topological polar surface area (TPSA) is 92.2 Å². The molecule has 0 bridgehead atoms. The molecule has 0 radical (unpaired) electrons. The minimum atomic E-state index is -0.199. The summed E-state index contributed by atoms with van der Waals surface area (Å²) in [5.74, 6) is -0.288. The van der Waals surface area contributed by atoms with E-state index in [2.05, 4.69) is 15.7 Å². The minimum absolute atomic E-state index is 0.0892. The SMILES string of the molecule is CC(C)n1ncc2c(C(=O)NCc3cccc(NC(=O)CN(C)C)c3)cc(-c3cccs3)nc21. The molecule has 9 heteroatoms. The Balaban J connectivity index is 1.57. The zero-order chi connectivity index (χ0) is 24.2. The normalized spacial score (nSPS) is 11.4. The van der Waals surface area contributed by atoms with E-state index in [4.69, 9.17) is 4.98 Å². The van der Waals surface area contributed by atoms with Crippen LogP contribution in [0.3, 0.4) is 0 Å². The third kappa shape index (κ3) is 5.32. The van der Waals surface area contributed by atoms with Crippen LogP contribution in [0.2, 0.25) is 0 Å². The Kier molecular flexibility index (Phi) is 7.04. The van der Waals surface area contributed by atoms with E-state index in [9.17, 15) is 9.59 Å². The van der Waals surface area contributed by atoms with Crippen molar-refractivity contribution in [1.82, 2.24) is 25.0 Å². The number of thiophene rings is 1. The smallest absolute Gasteiger partial charge is 0.252 e. The van der Waals surface area contributed by atoms with Crippen molar-refractivity contribution in [3.63, 3.8) is 0 Å². The van der Waals surface area contributed by atoms with Gasteiger partial charge < -0.3 is 15.5 Å². The van der Waals surface area contributed by atoms with Gasteiger partial charge in [0.2, 0.25) is 5.91 Å². The van der Waals surface area contributed by atoms with Gasteiger partial charge >= 0.3 is 0 Å². The number of benzene rings is 1. The van der Waals surface area contributed by atoms with Crippen LogP contribution in [0.4, 0.5) is 5.69 Å². The number of anilines is 1. The van der Waals surface area contributed by atoms with Gasteiger partial charge in [-0.2, -0.15) is 5.10 Å². The van der Waals surface area contributed by atoms with Crippen molar-refractivity contribution < 1.29 is 9.59 Å². The average molecular weight is 477 g/mol. The van der Waals surface area contributed by atoms with Crippen LogP contribution in [-0.4, -0.2) is 52.1 Å². The lowest BCUT2D eigenvalue weighted by molar-refractivity contribution is -0.116. The van der Waals surface area contributed by atoms with E-state index < -0.39 is 0 Å². The van der Waals surface area contributed by atoms with Gasteiger partial charge in [-0.05, 0) is 63.2 Å². The Bertz CT molecular complexity index is 1310. The fourth-order valence-electron chi connectivity index (χ4n) is 3.66. The second-order valence-corrected chi connectivity index (χ2v) is 9.57. The van der Waals surface area contributed by atoms with Crippen LogP contribution in [0.1, 0.15) is 35.8 Å². The summed E-state index contributed by atoms with van der Waals surface area (Å²) in [6, 6.07) is 13.4. The summed E-state index contributed by atoms with van der Waals surface area (Å²) in [6.45, 7) is 4.70. The van der Waals surface area contributed by atoms with E-state index in [-0.39, 0.29) is 17.9 Å². The summed E-state index contributed by atoms with van der Waals surface area (Å²) in [5, 5.41) is 13.1. The molecule has 0 saturated carbocycles. The van der Waals surface area contributed by atoms with Crippen LogP contribution in [0, 0.1) is 0 Å². The van der Waals surface area contributed by atoms with Gasteiger partial charge in [0.05, 0.1) is 34.3 Å². The molecule has 3 aromatic heterocycles. The molecule has 2 amide bonds. The Morgan fingerprint density at radius 2 is 1.97 bits per heavy atom. The second kappa shape index (κ2) is 10.1. The Labute approximate surface area is 202 Å². The molecule has 4 aromatic rings. The number of nitrogens with zero attached hydrogens (tertiary/aromatic N) is 4. The van der Waals surface area contributed by atoms with Crippen molar-refractivity contribution in [2.75, 3.05) is 26.0 Å². The summed E-state index contributed by atoms with van der Waals surface area (Å²) in [4.78, 5) is 32.9. The van der Waals surface area contributed by atoms with Crippen LogP contribution in [0.15, 0.2) is 54.0 Å². The number of fused-ring (bicyclic) bond motifs is 1. The first-order valence-corrected chi connectivity index (χ1v) is 11.9. The fourth-order valence-corrected chi connectivity index (χ4v) is 4.34. The van der Waals surface area contributed by atoms with E-state index in [1.165, 1.54) is 0 Å². The van der Waals surface area contributed by atoms with Gasteiger partial charge in [0, 0.05) is 18.3 Å². The number of rotatable bonds is 8. The molecule has 0 fully saturated rings. The maximum atomic E-state index is 13.3. The third-order valence-electron chi connectivity index (χ3n) is 5.20. The molecule has 0 aliphatic carbocycles. The van der Waals surface area contributed by atoms with Gasteiger partial charge in [0.25, 0.3) is 5.91 Å². The molecular formula is C25H28N6O2S. The standard InChI is InChI=1S/C25H28N6O2S/c1-16(2)31-24-20(14-27-31)19(12-21(29-24)22-9-6-10-34-22)25(33)26-13-17-7-5-8-18(11-17)28-23(32)15-30(3)4/h5-12,14,16H,13,15H2,1-4H3,(H,26,33)(H,28,32). The number of pyridine rings is 1. The average Bonchev–Trinajstić information content (AvgIpc) is 3.46. The first-order valence-electron chi connectivity index (χ1n) is 11.1. The molecule has 1 aromatic carbocycles. The van der Waals surface area contributed by atoms with Crippen molar-refractivity contribution >= 4 is 39.9 Å². The molecule has 0 aliphatic heterocycles. The highest BCUT2D eigenvalue weighted by atomic mass is 32.1. The van der Waals surface area contributed by atoms with Gasteiger partial charge in [-0.3, -0.25) is 9.59 Å². The van der Waals surface area contributed by atoms with E-state index in [1.54, 1.807) is 22.4 Å². The largest absolute Gasteiger partial charge is 0.348 e. The van der Waals surface area contributed by atoms with Gasteiger partial charge in [0.1, 0.15) is 0 Å². The van der Waals surface area contributed by atoms with Gasteiger partial charge in [-0.15, -0.1) is 11.3 Å². The van der Waals surface area contributed by atoms with Gasteiger partial charge in [-0.1, -0.05) is 18.2 Å². The van der Waals surface area contributed by atoms with Gasteiger partial charge in [-0.25, -0.2) is 9.67 Å². The van der Waals surface area contributed by atoms with Crippen molar-refractivity contribution in [3.8, 4) is 10.6 Å². The maximum Gasteiger partial charge on any atom is 0.252 e. The fraction of sp³-hybridized carbons (Fsp3) is 0.280. The molecule has 0 aliphatic rings. The van der Waals surface area contributed by atoms with Crippen molar-refractivity contribution in [1.29, 1.82) is 0 Å². The van der Waals surface area contributed by atoms with E-state index in [1.807, 2.05) is 80.5 Å². The molecule has 34 heavy (non-hydrogen) atoms. The molecule has 8 nitrogen and oxygen atoms in total. The first kappa shape index (κ1) is 23.6. The van der Waals surface area contributed by atoms with Gasteiger partial charge in [0.15, 0.2) is 5.65 Å². The monoisotopic (exact) mass is 476 g/mol. The molecule has 4 rings (SSSR count). The number of carbonyl (C=O) groups is 2. The molecular weight excluding hydrogens is 448 g/mol. The summed E-state index contributed by atoms with van der Waals surface area (Å²) >= 11 is 1.58. The number of likely N-dealkylation sites (N-methyl/N-ethyl adjacent to an activating group) is 1. The summed E-state index contributed by atoms with van der Waals surface area (Å²) in [7, 11) is 3.69. The maximum absolute atomic E-state index is 13.3. The van der Waals surface area contributed by atoms with Crippen LogP contribution < -0.4 is 10.6 Å². The van der Waals surface area contributed by atoms with Crippen LogP contribution in [-0.2, 0) is 11.3 Å². The second-order valence-electron chi connectivity index (χ2n) is 8.62. The predicted molar refractivity (Wildman–Crippen MR) is 136 cm³/mol. The lowest BCUT2D eigenvalue weighted by Gasteiger charge is -2.12. The summed E-state index contributed by atoms with van der Waals surface area (Å²) < 4.78 is 1.84. The summed E-state index contributed by atoms with van der Waals surface area (Å²) in [6.07, 6.45) is 1.70. The Hall–Kier alpha value is -3.56. The van der Waals surface area contributed by atoms with E-state index in [0.29, 0.717) is 30.0 Å². The Morgan fingerprint density at radius 1 is 1.15 bits per heavy atom. The molecule has 2 N–H and O–H groups in total. The molecule has 3 heterocycles. The van der Waals surface area contributed by atoms with Crippen LogP contribution in [0.25, 0.3) is 21.6 Å². The lowest BCUT2D eigenvalue weighted by Crippen LogP contribution is -2.27. The first-order chi connectivity index (χ1) is 16.3. The number of hydrogen-bond donors (Lipinski definition) is 2. The van der Waals surface area contributed by atoms with Crippen molar-refractivity contribution in [3.05, 3.63) is 65.2 Å². The lowest BCUT2D eigenvalue weighted by atomic mass is 10.1. The molecule has 0 atom stereocenters. The zero-order valence-electron chi connectivity index (χ0n) is 19.7. The zero-order valence-corrected chi connectivity index (χ0v) is 20.5. The number of hydrogen-bond acceptors (Lipinski definition) is 6. The molecule has 0 spiro atoms. The van der Waals surface area contributed by atoms with Crippen LogP contribution in [0.5, 0.6) is 0 Å². The minimum Gasteiger partial charge on any atom is -0.348 e. The quantitative estimate of drug-likeness (QED) is 0.398. The third-order valence-corrected chi connectivity index (χ3v) is 6.09. The highest BCUT2D eigenvalue weighted by Crippen LogP contribution is 2.29. The highest BCUT2D eigenvalue weighted by molar-refractivity contribution is 7.13. The Morgan fingerprint density at radius 3 is 2.68 bits per heavy atom. The van der Waals surface area contributed by atoms with Crippen molar-refractivity contribution in [2.24, 2.45) is 0 Å². The molecule has 176 valence electrons. The number of aromatic nitrogens is 3. The molecule has 0 saturated heterocycles. The number of amides is 2.